The first-order valence-electron chi connectivity index (χ1n) is 11.9. The molecule has 2 aliphatic heterocycles. The molecule has 1 fully saturated rings. The third kappa shape index (κ3) is 7.74. The molecular formula is C22H30N7NaO6S2. The Morgan fingerprint density at radius 1 is 1.26 bits per heavy atom. The zero-order valence-electron chi connectivity index (χ0n) is 21.9. The number of carbonyl (C=O) groups excluding carboxylic acids is 2. The number of hydrogen-bond acceptors (Lipinski definition) is 10. The zero-order chi connectivity index (χ0) is 27.1. The van der Waals surface area contributed by atoms with Gasteiger partial charge in [0.25, 0.3) is 11.5 Å². The number of amides is 2. The first-order valence-corrected chi connectivity index (χ1v) is 13.9. The molecule has 0 radical (unpaired) electrons. The molecular weight excluding hydrogens is 545 g/mol. The molecule has 2 unspecified atom stereocenters. The Labute approximate surface area is 250 Å². The molecule has 38 heavy (non-hydrogen) atoms. The monoisotopic (exact) mass is 575 g/mol. The Balaban J connectivity index is 0.00000507. The van der Waals surface area contributed by atoms with Crippen LogP contribution in [0.4, 0.5) is 0 Å². The zero-order valence-corrected chi connectivity index (χ0v) is 25.5. The predicted octanol–water partition coefficient (Wildman–Crippen LogP) is -3.33. The third-order valence-electron chi connectivity index (χ3n) is 5.68. The van der Waals surface area contributed by atoms with Crippen molar-refractivity contribution in [3.63, 3.8) is 0 Å². The molecule has 2 amide bonds. The maximum Gasteiger partial charge on any atom is 1.00 e. The summed E-state index contributed by atoms with van der Waals surface area (Å²) in [5.41, 5.74) is -0.609. The van der Waals surface area contributed by atoms with Crippen molar-refractivity contribution in [2.75, 3.05) is 24.6 Å². The minimum absolute atomic E-state index is 0. The van der Waals surface area contributed by atoms with Crippen molar-refractivity contribution in [3.05, 3.63) is 21.6 Å². The molecule has 3 N–H and O–H groups in total. The average molecular weight is 576 g/mol. The number of β-lactam (4-membered cyclic amide) rings is 1. The van der Waals surface area contributed by atoms with Gasteiger partial charge in [-0.3, -0.25) is 24.3 Å². The average Bonchev–Trinajstić information content (AvgIpc) is 2.87. The fourth-order valence-electron chi connectivity index (χ4n) is 3.93. The van der Waals surface area contributed by atoms with Gasteiger partial charge in [0.05, 0.1) is 17.7 Å². The molecule has 0 spiro atoms. The van der Waals surface area contributed by atoms with Crippen LogP contribution in [-0.4, -0.2) is 84.4 Å². The number of hydrogen-bond donors (Lipinski definition) is 3. The summed E-state index contributed by atoms with van der Waals surface area (Å²) in [5.74, 6) is -2.79. The summed E-state index contributed by atoms with van der Waals surface area (Å²) in [4.78, 5) is 58.4. The molecule has 1 aromatic heterocycles. The van der Waals surface area contributed by atoms with Crippen molar-refractivity contribution < 1.29 is 54.2 Å². The number of aliphatic imine (C=N–C) groups is 1. The van der Waals surface area contributed by atoms with E-state index in [-0.39, 0.29) is 57.8 Å². The van der Waals surface area contributed by atoms with E-state index >= 15 is 0 Å². The van der Waals surface area contributed by atoms with E-state index in [0.29, 0.717) is 30.1 Å². The second-order valence-electron chi connectivity index (χ2n) is 8.44. The van der Waals surface area contributed by atoms with Gasteiger partial charge in [0.15, 0.2) is 10.3 Å². The Kier molecular flexibility index (Phi) is 12.6. The van der Waals surface area contributed by atoms with Crippen LogP contribution in [0.15, 0.2) is 26.2 Å². The molecule has 3 heterocycles. The minimum atomic E-state index is -1.25. The van der Waals surface area contributed by atoms with Crippen LogP contribution < -0.4 is 50.9 Å². The summed E-state index contributed by atoms with van der Waals surface area (Å²) in [7, 11) is 1.46. The van der Waals surface area contributed by atoms with Gasteiger partial charge in [0.2, 0.25) is 5.91 Å². The number of amidine groups is 1. The smallest absolute Gasteiger partial charge is 0.854 e. The number of thioether (sulfide) groups is 2. The van der Waals surface area contributed by atoms with E-state index in [1.54, 1.807) is 0 Å². The summed E-state index contributed by atoms with van der Waals surface area (Å²) in [5, 5.41) is 31.5. The SMILES string of the molecule is CCCN=C(NCCC)SCC(=O)NC1C(=O)N2C(C(=O)O)=C(CSc3nc(=O)c([O-])nn3C)CCC12.[Na+]. The van der Waals surface area contributed by atoms with Crippen LogP contribution in [-0.2, 0) is 21.4 Å². The summed E-state index contributed by atoms with van der Waals surface area (Å²) in [6.45, 7) is 5.44. The number of rotatable bonds is 11. The summed E-state index contributed by atoms with van der Waals surface area (Å²) < 4.78 is 1.16. The number of carbonyl (C=O) groups is 3. The van der Waals surface area contributed by atoms with Crippen LogP contribution in [0.25, 0.3) is 0 Å². The standard InChI is InChI=1S/C22H31N7O6S2.Na/c1-4-8-23-21(24-9-5-2)36-11-14(30)25-15-13-7-6-12(16(20(34)35)29(13)19(15)33)10-37-22-26-17(31)18(32)27-28(22)3;/h13,15H,4-11H2,1-3H3,(H,23,24)(H,25,30)(H,27,32)(H,34,35);/q;+1/p-1. The van der Waals surface area contributed by atoms with E-state index in [4.69, 9.17) is 0 Å². The quantitative estimate of drug-likeness (QED) is 0.0789. The van der Waals surface area contributed by atoms with Gasteiger partial charge in [0, 0.05) is 25.9 Å². The molecule has 0 bridgehead atoms. The maximum atomic E-state index is 12.9. The second-order valence-corrected chi connectivity index (χ2v) is 10.3. The number of carboxylic acid groups (broad SMARTS) is 1. The van der Waals surface area contributed by atoms with Crippen molar-refractivity contribution in [2.45, 2.75) is 56.8 Å². The summed E-state index contributed by atoms with van der Waals surface area (Å²) in [6.07, 6.45) is 2.67. The van der Waals surface area contributed by atoms with Gasteiger partial charge in [0.1, 0.15) is 11.7 Å². The molecule has 3 rings (SSSR count). The van der Waals surface area contributed by atoms with Crippen molar-refractivity contribution in [3.8, 4) is 5.88 Å². The number of nitrogens with one attached hydrogen (secondary N) is 2. The fraction of sp³-hybridized carbons (Fsp3) is 0.591. The van der Waals surface area contributed by atoms with Gasteiger partial charge in [-0.15, -0.1) is 0 Å². The first-order chi connectivity index (χ1) is 17.7. The van der Waals surface area contributed by atoms with Crippen molar-refractivity contribution >= 4 is 46.5 Å². The second kappa shape index (κ2) is 14.9. The normalized spacial score (nSPS) is 18.9. The maximum absolute atomic E-state index is 12.9. The molecule has 202 valence electrons. The number of fused-ring (bicyclic) bond motifs is 1. The Morgan fingerprint density at radius 3 is 2.66 bits per heavy atom. The van der Waals surface area contributed by atoms with E-state index in [1.807, 2.05) is 13.8 Å². The number of aromatic nitrogens is 3. The van der Waals surface area contributed by atoms with Crippen LogP contribution in [0.1, 0.15) is 39.5 Å². The van der Waals surface area contributed by atoms with Crippen LogP contribution in [0.3, 0.4) is 0 Å². The molecule has 16 heteroatoms. The Bertz CT molecular complexity index is 1180. The Morgan fingerprint density at radius 2 is 2.00 bits per heavy atom. The number of aryl methyl sites for hydroxylation is 1. The van der Waals surface area contributed by atoms with Crippen molar-refractivity contribution in [1.29, 1.82) is 0 Å². The van der Waals surface area contributed by atoms with Gasteiger partial charge in [-0.2, -0.15) is 10.1 Å². The van der Waals surface area contributed by atoms with Gasteiger partial charge < -0.3 is 20.8 Å². The molecule has 0 aromatic carbocycles. The van der Waals surface area contributed by atoms with Crippen LogP contribution >= 0.6 is 23.5 Å². The molecule has 2 aliphatic rings. The van der Waals surface area contributed by atoms with Gasteiger partial charge >= 0.3 is 35.5 Å². The number of aliphatic carboxylic acids is 1. The van der Waals surface area contributed by atoms with E-state index < -0.39 is 35.4 Å². The molecule has 0 aliphatic carbocycles. The van der Waals surface area contributed by atoms with Crippen LogP contribution in [0.2, 0.25) is 0 Å². The topological polar surface area (TPSA) is 182 Å². The van der Waals surface area contributed by atoms with Gasteiger partial charge in [-0.05, 0) is 31.3 Å². The largest absolute Gasteiger partial charge is 1.00 e. The molecule has 1 saturated heterocycles. The van der Waals surface area contributed by atoms with Crippen molar-refractivity contribution in [2.24, 2.45) is 12.0 Å². The summed E-state index contributed by atoms with van der Waals surface area (Å²) >= 11 is 2.33. The molecule has 13 nitrogen and oxygen atoms in total. The van der Waals surface area contributed by atoms with Gasteiger partial charge in [-0.1, -0.05) is 37.4 Å². The van der Waals surface area contributed by atoms with Crippen LogP contribution in [0, 0.1) is 0 Å². The Hall–Kier alpha value is -2.07. The van der Waals surface area contributed by atoms with Crippen LogP contribution in [0.5, 0.6) is 5.88 Å². The molecule has 1 aromatic rings. The van der Waals surface area contributed by atoms with Crippen molar-refractivity contribution in [1.82, 2.24) is 30.3 Å². The first kappa shape index (κ1) is 32.1. The fourth-order valence-corrected chi connectivity index (χ4v) is 5.63. The van der Waals surface area contributed by atoms with E-state index in [0.717, 1.165) is 35.8 Å². The third-order valence-corrected chi connectivity index (χ3v) is 7.74. The molecule has 2 atom stereocenters. The number of carboxylic acids is 1. The van der Waals surface area contributed by atoms with E-state index in [1.165, 1.54) is 23.7 Å². The minimum Gasteiger partial charge on any atom is -0.854 e. The number of nitrogens with zero attached hydrogens (tertiary/aromatic N) is 5. The molecule has 0 saturated carbocycles. The summed E-state index contributed by atoms with van der Waals surface area (Å²) in [6, 6.07) is -1.23. The van der Waals surface area contributed by atoms with E-state index in [2.05, 4.69) is 25.7 Å². The predicted molar refractivity (Wildman–Crippen MR) is 137 cm³/mol. The van der Waals surface area contributed by atoms with E-state index in [9.17, 15) is 29.4 Å². The van der Waals surface area contributed by atoms with Gasteiger partial charge in [-0.25, -0.2) is 9.48 Å².